The van der Waals surface area contributed by atoms with Crippen LogP contribution in [0.1, 0.15) is 18.5 Å². The second-order valence-corrected chi connectivity index (χ2v) is 3.10. The quantitative estimate of drug-likeness (QED) is 0.573. The fraction of sp³-hybridized carbons (Fsp3) is 0.300. The van der Waals surface area contributed by atoms with Crippen LogP contribution in [0.5, 0.6) is 0 Å². The molecule has 0 aliphatic carbocycles. The first kappa shape index (κ1) is 7.35. The van der Waals surface area contributed by atoms with Gasteiger partial charge in [0.1, 0.15) is 0 Å². The molecule has 0 bridgehead atoms. The van der Waals surface area contributed by atoms with E-state index >= 15 is 0 Å². The third-order valence-corrected chi connectivity index (χ3v) is 2.20. The predicted molar refractivity (Wildman–Crippen MR) is 46.6 cm³/mol. The Morgan fingerprint density at radius 1 is 1.42 bits per heavy atom. The molecule has 1 atom stereocenters. The van der Waals surface area contributed by atoms with Crippen molar-refractivity contribution in [2.75, 3.05) is 6.54 Å². The molecule has 1 aromatic rings. The highest BCUT2D eigenvalue weighted by atomic mass is 16.2. The van der Waals surface area contributed by atoms with Gasteiger partial charge in [-0.2, -0.15) is 0 Å². The number of carbonyl (C=O) groups excluding carboxylic acids is 1. The number of carbonyl (C=O) groups is 1. The number of nitrogens with zero attached hydrogens (tertiary/aromatic N) is 1. The Kier molecular flexibility index (Phi) is 1.61. The van der Waals surface area contributed by atoms with Crippen molar-refractivity contribution in [3.63, 3.8) is 0 Å². The highest BCUT2D eigenvalue weighted by molar-refractivity contribution is 5.76. The first-order chi connectivity index (χ1) is 5.79. The molecule has 2 nitrogen and oxygen atoms in total. The monoisotopic (exact) mass is 161 g/mol. The van der Waals surface area contributed by atoms with Crippen molar-refractivity contribution in [3.8, 4) is 0 Å². The molecular formula is C10H11NO. The minimum absolute atomic E-state index is 0.170. The van der Waals surface area contributed by atoms with Gasteiger partial charge in [0, 0.05) is 13.5 Å². The number of hydrogen-bond donors (Lipinski definition) is 0. The molecule has 0 radical (unpaired) electrons. The van der Waals surface area contributed by atoms with E-state index in [-0.39, 0.29) is 5.91 Å². The molecule has 1 aromatic carbocycles. The second-order valence-electron chi connectivity index (χ2n) is 3.10. The van der Waals surface area contributed by atoms with Gasteiger partial charge in [-0.05, 0) is 5.56 Å². The van der Waals surface area contributed by atoms with E-state index in [4.69, 9.17) is 0 Å². The van der Waals surface area contributed by atoms with Gasteiger partial charge < -0.3 is 4.90 Å². The van der Waals surface area contributed by atoms with Crippen molar-refractivity contribution in [1.29, 1.82) is 0 Å². The minimum Gasteiger partial charge on any atom is -0.332 e. The topological polar surface area (TPSA) is 20.1 Å². The average molecular weight is 161 g/mol. The molecule has 1 heterocycles. The molecule has 0 saturated carbocycles. The first-order valence-corrected chi connectivity index (χ1v) is 4.11. The van der Waals surface area contributed by atoms with Gasteiger partial charge in [0.25, 0.3) is 0 Å². The summed E-state index contributed by atoms with van der Waals surface area (Å²) in [4.78, 5) is 12.8. The zero-order valence-corrected chi connectivity index (χ0v) is 7.03. The largest absolute Gasteiger partial charge is 0.332 e. The van der Waals surface area contributed by atoms with Gasteiger partial charge in [0.15, 0.2) is 0 Å². The predicted octanol–water partition coefficient (Wildman–Crippen LogP) is 1.59. The molecule has 0 spiro atoms. The lowest BCUT2D eigenvalue weighted by atomic mass is 10.2. The summed E-state index contributed by atoms with van der Waals surface area (Å²) in [5, 5.41) is 0. The van der Waals surface area contributed by atoms with Crippen LogP contribution in [0.3, 0.4) is 0 Å². The van der Waals surface area contributed by atoms with E-state index in [1.54, 1.807) is 6.92 Å². The Labute approximate surface area is 71.8 Å². The molecule has 1 amide bonds. The van der Waals surface area contributed by atoms with Gasteiger partial charge >= 0.3 is 0 Å². The van der Waals surface area contributed by atoms with E-state index in [0.717, 1.165) is 6.54 Å². The summed E-state index contributed by atoms with van der Waals surface area (Å²) in [5.74, 6) is 0.170. The van der Waals surface area contributed by atoms with Crippen LogP contribution < -0.4 is 0 Å². The third kappa shape index (κ3) is 1.20. The summed E-state index contributed by atoms with van der Waals surface area (Å²) in [6.45, 7) is 2.50. The zero-order chi connectivity index (χ0) is 8.55. The SMILES string of the molecule is CC(=O)N1C[C@H]1c1ccccc1. The van der Waals surface area contributed by atoms with Crippen molar-refractivity contribution in [3.05, 3.63) is 35.9 Å². The maximum atomic E-state index is 10.9. The van der Waals surface area contributed by atoms with Crippen LogP contribution >= 0.6 is 0 Å². The van der Waals surface area contributed by atoms with Gasteiger partial charge in [-0.15, -0.1) is 0 Å². The Hall–Kier alpha value is -1.31. The van der Waals surface area contributed by atoms with E-state index in [1.807, 2.05) is 23.1 Å². The molecule has 0 N–H and O–H groups in total. The smallest absolute Gasteiger partial charge is 0.220 e. The Bertz CT molecular complexity index is 294. The Morgan fingerprint density at radius 3 is 2.58 bits per heavy atom. The first-order valence-electron chi connectivity index (χ1n) is 4.11. The van der Waals surface area contributed by atoms with Crippen molar-refractivity contribution in [2.45, 2.75) is 13.0 Å². The van der Waals surface area contributed by atoms with Crippen LogP contribution in [0.25, 0.3) is 0 Å². The third-order valence-electron chi connectivity index (χ3n) is 2.20. The molecule has 0 unspecified atom stereocenters. The lowest BCUT2D eigenvalue weighted by Gasteiger charge is -1.98. The van der Waals surface area contributed by atoms with Gasteiger partial charge in [-0.25, -0.2) is 0 Å². The number of hydrogen-bond acceptors (Lipinski definition) is 1. The molecule has 62 valence electrons. The second kappa shape index (κ2) is 2.63. The Balaban J connectivity index is 2.11. The summed E-state index contributed by atoms with van der Waals surface area (Å²) in [6, 6.07) is 10.5. The standard InChI is InChI=1S/C10H11NO/c1-8(12)11-7-10(11)9-5-3-2-4-6-9/h2-6,10H,7H2,1H3/t10-,11?/m0/s1. The van der Waals surface area contributed by atoms with Crippen molar-refractivity contribution >= 4 is 5.91 Å². The summed E-state index contributed by atoms with van der Waals surface area (Å²) in [5.41, 5.74) is 1.24. The minimum atomic E-state index is 0.170. The fourth-order valence-electron chi connectivity index (χ4n) is 1.45. The molecule has 2 heteroatoms. The number of benzene rings is 1. The summed E-state index contributed by atoms with van der Waals surface area (Å²) in [6.07, 6.45) is 0. The maximum absolute atomic E-state index is 10.9. The highest BCUT2D eigenvalue weighted by Gasteiger charge is 2.36. The molecule has 12 heavy (non-hydrogen) atoms. The number of rotatable bonds is 1. The molecule has 1 aliphatic heterocycles. The van der Waals surface area contributed by atoms with Crippen LogP contribution in [0, 0.1) is 0 Å². The fourth-order valence-corrected chi connectivity index (χ4v) is 1.45. The molecule has 2 rings (SSSR count). The van der Waals surface area contributed by atoms with Gasteiger partial charge in [0.2, 0.25) is 5.91 Å². The van der Waals surface area contributed by atoms with Crippen molar-refractivity contribution in [2.24, 2.45) is 0 Å². The summed E-state index contributed by atoms with van der Waals surface area (Å²) < 4.78 is 0. The van der Waals surface area contributed by atoms with E-state index in [0.29, 0.717) is 6.04 Å². The maximum Gasteiger partial charge on any atom is 0.220 e. The zero-order valence-electron chi connectivity index (χ0n) is 7.03. The van der Waals surface area contributed by atoms with Crippen LogP contribution in [-0.4, -0.2) is 17.4 Å². The van der Waals surface area contributed by atoms with E-state index < -0.39 is 0 Å². The Morgan fingerprint density at radius 2 is 2.08 bits per heavy atom. The molecule has 1 fully saturated rings. The van der Waals surface area contributed by atoms with E-state index in [1.165, 1.54) is 5.56 Å². The van der Waals surface area contributed by atoms with Crippen LogP contribution in [0.15, 0.2) is 30.3 Å². The molecule has 0 aromatic heterocycles. The lowest BCUT2D eigenvalue weighted by molar-refractivity contribution is -0.124. The van der Waals surface area contributed by atoms with Crippen LogP contribution in [-0.2, 0) is 4.79 Å². The van der Waals surface area contributed by atoms with Crippen LogP contribution in [0.4, 0.5) is 0 Å². The van der Waals surface area contributed by atoms with Gasteiger partial charge in [-0.1, -0.05) is 30.3 Å². The number of amides is 1. The van der Waals surface area contributed by atoms with E-state index in [2.05, 4.69) is 12.1 Å². The normalized spacial score (nSPS) is 20.8. The molecule has 1 saturated heterocycles. The summed E-state index contributed by atoms with van der Waals surface area (Å²) >= 11 is 0. The summed E-state index contributed by atoms with van der Waals surface area (Å²) in [7, 11) is 0. The average Bonchev–Trinajstić information content (AvgIpc) is 2.84. The van der Waals surface area contributed by atoms with Crippen molar-refractivity contribution in [1.82, 2.24) is 4.90 Å². The molecule has 1 aliphatic rings. The highest BCUT2D eigenvalue weighted by Crippen LogP contribution is 2.33. The van der Waals surface area contributed by atoms with Gasteiger partial charge in [-0.3, -0.25) is 4.79 Å². The lowest BCUT2D eigenvalue weighted by Crippen LogP contribution is -2.04. The molecular weight excluding hydrogens is 150 g/mol. The van der Waals surface area contributed by atoms with Crippen molar-refractivity contribution < 1.29 is 4.79 Å². The van der Waals surface area contributed by atoms with Gasteiger partial charge in [0.05, 0.1) is 6.04 Å². The van der Waals surface area contributed by atoms with E-state index in [9.17, 15) is 4.79 Å². The van der Waals surface area contributed by atoms with Crippen LogP contribution in [0.2, 0.25) is 0 Å².